The minimum absolute atomic E-state index is 0.0275. The Hall–Kier alpha value is -1.85. The van der Waals surface area contributed by atoms with E-state index in [4.69, 9.17) is 27.9 Å². The first-order valence-corrected chi connectivity index (χ1v) is 6.23. The molecule has 2 rings (SSSR count). The van der Waals surface area contributed by atoms with Crippen LogP contribution in [0.15, 0.2) is 36.4 Å². The third kappa shape index (κ3) is 3.37. The maximum Gasteiger partial charge on any atom is 0.311 e. The van der Waals surface area contributed by atoms with Gasteiger partial charge in [-0.25, -0.2) is 4.39 Å². The van der Waals surface area contributed by atoms with Crippen molar-refractivity contribution in [3.05, 3.63) is 67.9 Å². The predicted molar refractivity (Wildman–Crippen MR) is 73.8 cm³/mol. The summed E-state index contributed by atoms with van der Waals surface area (Å²) in [6, 6.07) is 7.79. The zero-order chi connectivity index (χ0) is 14.7. The van der Waals surface area contributed by atoms with Crippen molar-refractivity contribution in [1.82, 2.24) is 0 Å². The van der Waals surface area contributed by atoms with E-state index in [0.29, 0.717) is 15.6 Å². The summed E-state index contributed by atoms with van der Waals surface area (Å²) < 4.78 is 18.4. The normalized spacial score (nSPS) is 10.3. The zero-order valence-electron chi connectivity index (χ0n) is 9.98. The van der Waals surface area contributed by atoms with Crippen LogP contribution < -0.4 is 4.74 Å². The van der Waals surface area contributed by atoms with Gasteiger partial charge in [-0.1, -0.05) is 29.3 Å². The Kier molecular flexibility index (Phi) is 4.42. The van der Waals surface area contributed by atoms with Crippen molar-refractivity contribution in [1.29, 1.82) is 0 Å². The monoisotopic (exact) mass is 315 g/mol. The van der Waals surface area contributed by atoms with Crippen molar-refractivity contribution in [2.24, 2.45) is 0 Å². The number of hydrogen-bond donors (Lipinski definition) is 0. The van der Waals surface area contributed by atoms with E-state index in [1.54, 1.807) is 12.1 Å². The van der Waals surface area contributed by atoms with Crippen LogP contribution >= 0.6 is 23.2 Å². The highest BCUT2D eigenvalue weighted by atomic mass is 35.5. The molecule has 0 fully saturated rings. The molecule has 0 aliphatic rings. The maximum absolute atomic E-state index is 13.1. The Labute approximate surface area is 123 Å². The minimum Gasteiger partial charge on any atom is -0.482 e. The van der Waals surface area contributed by atoms with E-state index in [1.165, 1.54) is 6.07 Å². The molecule has 0 saturated heterocycles. The van der Waals surface area contributed by atoms with Crippen molar-refractivity contribution >= 4 is 28.9 Å². The fourth-order valence-corrected chi connectivity index (χ4v) is 2.01. The number of rotatable bonds is 4. The smallest absolute Gasteiger partial charge is 0.311 e. The molecule has 0 aliphatic heterocycles. The van der Waals surface area contributed by atoms with Gasteiger partial charge in [0.25, 0.3) is 0 Å². The summed E-state index contributed by atoms with van der Waals surface area (Å²) in [6.07, 6.45) is 0. The molecular formula is C13H8Cl2FNO3. The average Bonchev–Trinajstić information content (AvgIpc) is 2.37. The van der Waals surface area contributed by atoms with E-state index in [0.717, 1.165) is 18.2 Å². The van der Waals surface area contributed by atoms with E-state index in [9.17, 15) is 14.5 Å². The summed E-state index contributed by atoms with van der Waals surface area (Å²) in [7, 11) is 0. The molecule has 2 aromatic rings. The predicted octanol–water partition coefficient (Wildman–Crippen LogP) is 4.62. The quantitative estimate of drug-likeness (QED) is 0.611. The lowest BCUT2D eigenvalue weighted by atomic mass is 10.2. The molecule has 0 atom stereocenters. The number of hydrogen-bond acceptors (Lipinski definition) is 3. The summed E-state index contributed by atoms with van der Waals surface area (Å²) in [4.78, 5) is 10.2. The topological polar surface area (TPSA) is 52.4 Å². The summed E-state index contributed by atoms with van der Waals surface area (Å²) in [5.74, 6) is -0.770. The number of benzene rings is 2. The fraction of sp³-hybridized carbons (Fsp3) is 0.0769. The minimum atomic E-state index is -0.641. The number of nitrogens with zero attached hydrogens (tertiary/aromatic N) is 1. The standard InChI is InChI=1S/C13H8Cl2FNO3/c14-9-2-1-8(11(15)5-9)7-20-13-6-10(16)3-4-12(13)17(18)19/h1-6H,7H2. The second kappa shape index (κ2) is 6.07. The lowest BCUT2D eigenvalue weighted by molar-refractivity contribution is -0.386. The Morgan fingerprint density at radius 2 is 1.95 bits per heavy atom. The summed E-state index contributed by atoms with van der Waals surface area (Å²) in [5, 5.41) is 11.7. The van der Waals surface area contributed by atoms with Gasteiger partial charge in [0.1, 0.15) is 12.4 Å². The molecule has 0 heterocycles. The molecule has 20 heavy (non-hydrogen) atoms. The van der Waals surface area contributed by atoms with E-state index in [-0.39, 0.29) is 18.0 Å². The number of nitro benzene ring substituents is 1. The first-order chi connectivity index (χ1) is 9.47. The Morgan fingerprint density at radius 3 is 2.60 bits per heavy atom. The lowest BCUT2D eigenvalue weighted by Gasteiger charge is -2.08. The highest BCUT2D eigenvalue weighted by Gasteiger charge is 2.16. The third-order valence-corrected chi connectivity index (χ3v) is 3.10. The average molecular weight is 316 g/mol. The molecule has 0 N–H and O–H groups in total. The van der Waals surface area contributed by atoms with E-state index in [2.05, 4.69) is 0 Å². The number of ether oxygens (including phenoxy) is 1. The Balaban J connectivity index is 2.22. The van der Waals surface area contributed by atoms with Gasteiger partial charge >= 0.3 is 5.69 Å². The molecule has 0 saturated carbocycles. The van der Waals surface area contributed by atoms with Gasteiger partial charge in [-0.05, 0) is 18.2 Å². The molecule has 0 aliphatic carbocycles. The van der Waals surface area contributed by atoms with E-state index in [1.807, 2.05) is 0 Å². The zero-order valence-corrected chi connectivity index (χ0v) is 11.5. The molecule has 7 heteroatoms. The molecule has 0 unspecified atom stereocenters. The van der Waals surface area contributed by atoms with Crippen LogP contribution in [0.4, 0.5) is 10.1 Å². The van der Waals surface area contributed by atoms with Gasteiger partial charge in [-0.3, -0.25) is 10.1 Å². The van der Waals surface area contributed by atoms with Crippen LogP contribution in [0.25, 0.3) is 0 Å². The van der Waals surface area contributed by atoms with Crippen LogP contribution in [0.1, 0.15) is 5.56 Å². The highest BCUT2D eigenvalue weighted by Crippen LogP contribution is 2.29. The van der Waals surface area contributed by atoms with Gasteiger partial charge in [0, 0.05) is 27.7 Å². The van der Waals surface area contributed by atoms with Crippen LogP contribution in [-0.2, 0) is 6.61 Å². The Bertz CT molecular complexity index is 664. The molecule has 0 bridgehead atoms. The molecule has 0 amide bonds. The first-order valence-electron chi connectivity index (χ1n) is 5.48. The highest BCUT2D eigenvalue weighted by molar-refractivity contribution is 6.35. The lowest BCUT2D eigenvalue weighted by Crippen LogP contribution is -2.00. The number of nitro groups is 1. The molecule has 0 radical (unpaired) electrons. The molecule has 2 aromatic carbocycles. The third-order valence-electron chi connectivity index (χ3n) is 2.52. The van der Waals surface area contributed by atoms with Crippen LogP contribution in [0, 0.1) is 15.9 Å². The molecule has 0 aromatic heterocycles. The van der Waals surface area contributed by atoms with Gasteiger partial charge in [-0.2, -0.15) is 0 Å². The van der Waals surface area contributed by atoms with Crippen molar-refractivity contribution in [3.63, 3.8) is 0 Å². The molecule has 4 nitrogen and oxygen atoms in total. The summed E-state index contributed by atoms with van der Waals surface area (Å²) in [6.45, 7) is -0.0275. The summed E-state index contributed by atoms with van der Waals surface area (Å²) >= 11 is 11.7. The van der Waals surface area contributed by atoms with Crippen LogP contribution in [0.5, 0.6) is 5.75 Å². The van der Waals surface area contributed by atoms with Gasteiger partial charge < -0.3 is 4.74 Å². The largest absolute Gasteiger partial charge is 0.482 e. The van der Waals surface area contributed by atoms with Gasteiger partial charge in [0.05, 0.1) is 4.92 Å². The van der Waals surface area contributed by atoms with Gasteiger partial charge in [0.2, 0.25) is 0 Å². The van der Waals surface area contributed by atoms with Crippen molar-refractivity contribution in [2.45, 2.75) is 6.61 Å². The second-order valence-electron chi connectivity index (χ2n) is 3.89. The van der Waals surface area contributed by atoms with Gasteiger partial charge in [0.15, 0.2) is 5.75 Å². The van der Waals surface area contributed by atoms with Crippen molar-refractivity contribution in [2.75, 3.05) is 0 Å². The van der Waals surface area contributed by atoms with Crippen molar-refractivity contribution in [3.8, 4) is 5.75 Å². The number of halogens is 3. The van der Waals surface area contributed by atoms with E-state index < -0.39 is 10.7 Å². The maximum atomic E-state index is 13.1. The summed E-state index contributed by atoms with van der Waals surface area (Å²) in [5.41, 5.74) is 0.283. The molecule has 104 valence electrons. The fourth-order valence-electron chi connectivity index (χ4n) is 1.55. The van der Waals surface area contributed by atoms with E-state index >= 15 is 0 Å². The second-order valence-corrected chi connectivity index (χ2v) is 4.74. The van der Waals surface area contributed by atoms with Crippen LogP contribution in [0.3, 0.4) is 0 Å². The molecule has 0 spiro atoms. The SMILES string of the molecule is O=[N+]([O-])c1ccc(F)cc1OCc1ccc(Cl)cc1Cl. The van der Waals surface area contributed by atoms with Crippen LogP contribution in [0.2, 0.25) is 10.0 Å². The van der Waals surface area contributed by atoms with Crippen LogP contribution in [-0.4, -0.2) is 4.92 Å². The Morgan fingerprint density at radius 1 is 1.20 bits per heavy atom. The first kappa shape index (κ1) is 14.6. The molecular weight excluding hydrogens is 308 g/mol. The van der Waals surface area contributed by atoms with Crippen molar-refractivity contribution < 1.29 is 14.1 Å². The van der Waals surface area contributed by atoms with Gasteiger partial charge in [-0.15, -0.1) is 0 Å².